The number of aliphatic hydroxyl groups is 5. The molecule has 1 saturated heterocycles. The molecule has 1 heterocycles. The molecule has 0 aromatic rings. The summed E-state index contributed by atoms with van der Waals surface area (Å²) in [6.07, 6.45) is -6.44. The first-order chi connectivity index (χ1) is 8.38. The highest BCUT2D eigenvalue weighted by atomic mass is 32.2. The fraction of sp³-hybridized carbons (Fsp3) is 0.889. The molecule has 0 amide bonds. The Balaban J connectivity index is 2.54. The van der Waals surface area contributed by atoms with Crippen molar-refractivity contribution in [2.45, 2.75) is 35.8 Å². The summed E-state index contributed by atoms with van der Waals surface area (Å²) in [5.74, 6) is -0.842. The SMILES string of the molecule is O=C(O)[C@@H]1CS[C@H]([C@H](O)[C@H](O)[C@H](O)[C@@H](O)CO)N1. The van der Waals surface area contributed by atoms with Crippen LogP contribution in [0.3, 0.4) is 0 Å². The lowest BCUT2D eigenvalue weighted by atomic mass is 10.0. The summed E-state index contributed by atoms with van der Waals surface area (Å²) >= 11 is 1.09. The van der Waals surface area contributed by atoms with Crippen molar-refractivity contribution in [3.05, 3.63) is 0 Å². The van der Waals surface area contributed by atoms with Gasteiger partial charge in [0.25, 0.3) is 0 Å². The van der Waals surface area contributed by atoms with Crippen molar-refractivity contribution >= 4 is 17.7 Å². The molecule has 7 N–H and O–H groups in total. The quantitative estimate of drug-likeness (QED) is 0.264. The average Bonchev–Trinajstić information content (AvgIpc) is 2.84. The highest BCUT2D eigenvalue weighted by Crippen LogP contribution is 2.24. The summed E-state index contributed by atoms with van der Waals surface area (Å²) in [5.41, 5.74) is 0. The number of aliphatic carboxylic acids is 1. The lowest BCUT2D eigenvalue weighted by Gasteiger charge is -2.28. The van der Waals surface area contributed by atoms with Gasteiger partial charge in [-0.2, -0.15) is 0 Å². The summed E-state index contributed by atoms with van der Waals surface area (Å²) < 4.78 is 0. The van der Waals surface area contributed by atoms with E-state index in [0.717, 1.165) is 11.8 Å². The number of nitrogens with one attached hydrogen (secondary N) is 1. The first-order valence-corrected chi connectivity index (χ1v) is 6.37. The molecule has 9 heteroatoms. The zero-order valence-corrected chi connectivity index (χ0v) is 10.2. The third kappa shape index (κ3) is 3.54. The third-order valence-electron chi connectivity index (χ3n) is 2.70. The van der Waals surface area contributed by atoms with Gasteiger partial charge in [0.05, 0.1) is 12.0 Å². The monoisotopic (exact) mass is 283 g/mol. The van der Waals surface area contributed by atoms with Gasteiger partial charge in [-0.3, -0.25) is 10.1 Å². The second kappa shape index (κ2) is 6.66. The number of carboxylic acid groups (broad SMARTS) is 1. The van der Waals surface area contributed by atoms with E-state index in [2.05, 4.69) is 5.32 Å². The minimum Gasteiger partial charge on any atom is -0.480 e. The smallest absolute Gasteiger partial charge is 0.321 e. The zero-order chi connectivity index (χ0) is 13.9. The van der Waals surface area contributed by atoms with E-state index in [1.165, 1.54) is 0 Å². The van der Waals surface area contributed by atoms with Crippen molar-refractivity contribution in [1.29, 1.82) is 0 Å². The van der Waals surface area contributed by atoms with E-state index < -0.39 is 48.4 Å². The fourth-order valence-corrected chi connectivity index (χ4v) is 2.81. The van der Waals surface area contributed by atoms with Crippen LogP contribution in [0, 0.1) is 0 Å². The van der Waals surface area contributed by atoms with Crippen molar-refractivity contribution in [1.82, 2.24) is 5.32 Å². The maximum atomic E-state index is 10.7. The minimum atomic E-state index is -1.71. The van der Waals surface area contributed by atoms with E-state index >= 15 is 0 Å². The Morgan fingerprint density at radius 2 is 1.89 bits per heavy atom. The Hall–Kier alpha value is -0.420. The lowest BCUT2D eigenvalue weighted by molar-refractivity contribution is -0.139. The molecule has 0 aliphatic carbocycles. The Morgan fingerprint density at radius 1 is 1.28 bits per heavy atom. The Kier molecular flexibility index (Phi) is 5.79. The van der Waals surface area contributed by atoms with Crippen LogP contribution in [0.2, 0.25) is 0 Å². The van der Waals surface area contributed by atoms with Gasteiger partial charge in [0, 0.05) is 5.75 Å². The van der Waals surface area contributed by atoms with Gasteiger partial charge >= 0.3 is 5.97 Å². The summed E-state index contributed by atoms with van der Waals surface area (Å²) in [4.78, 5) is 10.7. The molecule has 1 rings (SSSR count). The molecule has 6 atom stereocenters. The predicted octanol–water partition coefficient (Wildman–Crippen LogP) is -3.46. The van der Waals surface area contributed by atoms with E-state index in [1.54, 1.807) is 0 Å². The first-order valence-electron chi connectivity index (χ1n) is 5.32. The number of carboxylic acids is 1. The second-order valence-electron chi connectivity index (χ2n) is 4.03. The molecule has 1 fully saturated rings. The molecule has 0 spiro atoms. The molecule has 0 bridgehead atoms. The predicted molar refractivity (Wildman–Crippen MR) is 61.9 cm³/mol. The van der Waals surface area contributed by atoms with E-state index in [0.29, 0.717) is 0 Å². The van der Waals surface area contributed by atoms with Crippen LogP contribution in [0.5, 0.6) is 0 Å². The first kappa shape index (κ1) is 15.6. The number of rotatable bonds is 6. The normalized spacial score (nSPS) is 30.7. The molecule has 1 aliphatic heterocycles. The van der Waals surface area contributed by atoms with Crippen molar-refractivity contribution in [3.8, 4) is 0 Å². The molecule has 106 valence electrons. The maximum absolute atomic E-state index is 10.7. The van der Waals surface area contributed by atoms with E-state index in [-0.39, 0.29) is 5.75 Å². The van der Waals surface area contributed by atoms with Crippen LogP contribution in [-0.2, 0) is 4.79 Å². The van der Waals surface area contributed by atoms with Crippen molar-refractivity contribution < 1.29 is 35.4 Å². The molecular formula is C9H17NO7S. The summed E-state index contributed by atoms with van der Waals surface area (Å²) in [6, 6.07) is -0.832. The highest BCUT2D eigenvalue weighted by Gasteiger charge is 2.40. The molecule has 0 aromatic heterocycles. The molecule has 0 unspecified atom stereocenters. The molecule has 18 heavy (non-hydrogen) atoms. The van der Waals surface area contributed by atoms with Gasteiger partial charge in [0.2, 0.25) is 0 Å². The van der Waals surface area contributed by atoms with E-state index in [1.807, 2.05) is 0 Å². The average molecular weight is 283 g/mol. The third-order valence-corrected chi connectivity index (χ3v) is 4.00. The van der Waals surface area contributed by atoms with E-state index in [4.69, 9.17) is 15.3 Å². The largest absolute Gasteiger partial charge is 0.480 e. The maximum Gasteiger partial charge on any atom is 0.321 e. The molecular weight excluding hydrogens is 266 g/mol. The van der Waals surface area contributed by atoms with Crippen molar-refractivity contribution in [2.75, 3.05) is 12.4 Å². The lowest BCUT2D eigenvalue weighted by Crippen LogP contribution is -2.52. The summed E-state index contributed by atoms with van der Waals surface area (Å²) in [7, 11) is 0. The highest BCUT2D eigenvalue weighted by molar-refractivity contribution is 8.00. The Labute approximate surface area is 107 Å². The van der Waals surface area contributed by atoms with Gasteiger partial charge in [0.15, 0.2) is 0 Å². The van der Waals surface area contributed by atoms with Crippen LogP contribution in [0.1, 0.15) is 0 Å². The number of hydrogen-bond donors (Lipinski definition) is 7. The molecule has 0 aromatic carbocycles. The van der Waals surface area contributed by atoms with Gasteiger partial charge in [-0.25, -0.2) is 0 Å². The summed E-state index contributed by atoms with van der Waals surface area (Å²) in [5, 5.41) is 57.1. The van der Waals surface area contributed by atoms with Gasteiger partial charge in [-0.05, 0) is 0 Å². The van der Waals surface area contributed by atoms with Gasteiger partial charge in [-0.15, -0.1) is 11.8 Å². The second-order valence-corrected chi connectivity index (χ2v) is 5.21. The number of carbonyl (C=O) groups is 1. The summed E-state index contributed by atoms with van der Waals surface area (Å²) in [6.45, 7) is -0.756. The fourth-order valence-electron chi connectivity index (χ4n) is 1.55. The van der Waals surface area contributed by atoms with Crippen molar-refractivity contribution in [3.63, 3.8) is 0 Å². The van der Waals surface area contributed by atoms with Gasteiger partial charge in [-0.1, -0.05) is 0 Å². The van der Waals surface area contributed by atoms with Crippen LogP contribution < -0.4 is 5.32 Å². The topological polar surface area (TPSA) is 150 Å². The standard InChI is InChI=1S/C9H17NO7S/c11-1-4(12)5(13)6(14)7(15)8-10-3(2-18-8)9(16)17/h3-8,10-15H,1-2H2,(H,16,17)/t3-,4-,5+,6+,7+,8+/m0/s1. The van der Waals surface area contributed by atoms with Crippen molar-refractivity contribution in [2.24, 2.45) is 0 Å². The Bertz CT molecular complexity index is 292. The van der Waals surface area contributed by atoms with Gasteiger partial charge < -0.3 is 30.6 Å². The van der Waals surface area contributed by atoms with Crippen LogP contribution in [0.4, 0.5) is 0 Å². The molecule has 0 radical (unpaired) electrons. The van der Waals surface area contributed by atoms with Crippen LogP contribution >= 0.6 is 11.8 Å². The molecule has 1 aliphatic rings. The van der Waals surface area contributed by atoms with Gasteiger partial charge in [0.1, 0.15) is 30.5 Å². The molecule has 0 saturated carbocycles. The zero-order valence-electron chi connectivity index (χ0n) is 9.38. The number of aliphatic hydroxyl groups excluding tert-OH is 5. The van der Waals surface area contributed by atoms with Crippen LogP contribution in [0.25, 0.3) is 0 Å². The Morgan fingerprint density at radius 3 is 2.33 bits per heavy atom. The minimum absolute atomic E-state index is 0.225. The van der Waals surface area contributed by atoms with Crippen LogP contribution in [-0.4, -0.2) is 84.8 Å². The number of hydrogen-bond acceptors (Lipinski definition) is 8. The molecule has 8 nitrogen and oxygen atoms in total. The van der Waals surface area contributed by atoms with Crippen LogP contribution in [0.15, 0.2) is 0 Å². The van der Waals surface area contributed by atoms with E-state index in [9.17, 15) is 20.1 Å². The number of thioether (sulfide) groups is 1.